The van der Waals surface area contributed by atoms with Crippen molar-refractivity contribution in [3.63, 3.8) is 0 Å². The van der Waals surface area contributed by atoms with Crippen LogP contribution >= 0.6 is 0 Å². The molecule has 2 aromatic carbocycles. The van der Waals surface area contributed by atoms with E-state index in [9.17, 15) is 8.42 Å². The van der Waals surface area contributed by atoms with Crippen LogP contribution in [0, 0.1) is 13.8 Å². The van der Waals surface area contributed by atoms with E-state index in [1.165, 1.54) is 23.1 Å². The highest BCUT2D eigenvalue weighted by Gasteiger charge is 2.32. The van der Waals surface area contributed by atoms with Gasteiger partial charge in [-0.2, -0.15) is 4.31 Å². The largest absolute Gasteiger partial charge is 0.495 e. The number of ether oxygens (including phenoxy) is 1. The Morgan fingerprint density at radius 1 is 1.08 bits per heavy atom. The average molecular weight is 376 g/mol. The molecule has 0 aromatic heterocycles. The molecule has 140 valence electrons. The third-order valence-electron chi connectivity index (χ3n) is 5.07. The summed E-state index contributed by atoms with van der Waals surface area (Å²) in [7, 11) is -2.03. The van der Waals surface area contributed by atoms with Crippen LogP contribution in [-0.4, -0.2) is 46.0 Å². The fraction of sp³-hybridized carbons (Fsp3) is 0.400. The third kappa shape index (κ3) is 3.92. The van der Waals surface area contributed by atoms with Crippen molar-refractivity contribution in [3.05, 3.63) is 59.2 Å². The highest BCUT2D eigenvalue weighted by molar-refractivity contribution is 7.89. The second-order valence-electron chi connectivity index (χ2n) is 6.91. The molecule has 1 fully saturated rings. The van der Waals surface area contributed by atoms with E-state index in [-0.39, 0.29) is 4.90 Å². The second-order valence-corrected chi connectivity index (χ2v) is 8.82. The summed E-state index contributed by atoms with van der Waals surface area (Å²) in [6.45, 7) is 7.63. The Morgan fingerprint density at radius 3 is 2.42 bits per heavy atom. The first kappa shape index (κ1) is 18.9. The molecule has 3 rings (SSSR count). The highest BCUT2D eigenvalue weighted by atomic mass is 32.2. The first-order chi connectivity index (χ1) is 12.4. The van der Waals surface area contributed by atoms with Gasteiger partial charge in [-0.05, 0) is 37.1 Å². The van der Waals surface area contributed by atoms with Crippen LogP contribution in [0.25, 0.3) is 0 Å². The van der Waals surface area contributed by atoms with Gasteiger partial charge in [0.05, 0.1) is 33.3 Å². The van der Waals surface area contributed by atoms with Gasteiger partial charge in [0, 0.05) is 5.56 Å². The summed E-state index contributed by atoms with van der Waals surface area (Å²) >= 11 is 0. The van der Waals surface area contributed by atoms with E-state index in [2.05, 4.69) is 25.1 Å². The molecule has 0 amide bonds. The first-order valence-electron chi connectivity index (χ1n) is 8.94. The molecule has 0 aliphatic carbocycles. The maximum atomic E-state index is 13.1. The summed E-state index contributed by atoms with van der Waals surface area (Å²) in [5, 5.41) is 0. The minimum absolute atomic E-state index is 0.266. The maximum absolute atomic E-state index is 13.1. The number of piperazine rings is 1. The lowest BCUT2D eigenvalue weighted by atomic mass is 10.1. The molecule has 0 saturated carbocycles. The van der Waals surface area contributed by atoms with Crippen LogP contribution in [-0.2, 0) is 16.6 Å². The Morgan fingerprint density at radius 2 is 1.77 bits per heavy atom. The van der Waals surface area contributed by atoms with Crippen molar-refractivity contribution >= 4 is 10.0 Å². The van der Waals surface area contributed by atoms with Crippen molar-refractivity contribution in [3.8, 4) is 5.75 Å². The summed E-state index contributed by atoms with van der Waals surface area (Å²) in [6.07, 6.45) is 0. The number of nitrogens with one attached hydrogen (secondary N) is 1. The number of rotatable bonds is 5. The number of benzene rings is 2. The van der Waals surface area contributed by atoms with Gasteiger partial charge in [0.25, 0.3) is 0 Å². The second kappa shape index (κ2) is 7.78. The van der Waals surface area contributed by atoms with E-state index in [0.717, 1.165) is 25.2 Å². The molecule has 1 heterocycles. The Kier molecular flexibility index (Phi) is 5.65. The summed E-state index contributed by atoms with van der Waals surface area (Å²) in [6, 6.07) is 13.7. The van der Waals surface area contributed by atoms with Crippen LogP contribution in [0.15, 0.2) is 47.4 Å². The number of quaternary nitrogens is 1. The van der Waals surface area contributed by atoms with Gasteiger partial charge in [0.1, 0.15) is 17.2 Å². The summed E-state index contributed by atoms with van der Waals surface area (Å²) in [4.78, 5) is 1.68. The maximum Gasteiger partial charge on any atom is 0.247 e. The van der Waals surface area contributed by atoms with Gasteiger partial charge in [-0.15, -0.1) is 0 Å². The van der Waals surface area contributed by atoms with Gasteiger partial charge in [-0.1, -0.05) is 30.3 Å². The molecule has 6 heteroatoms. The fourth-order valence-corrected chi connectivity index (χ4v) is 5.10. The fourth-order valence-electron chi connectivity index (χ4n) is 3.42. The van der Waals surface area contributed by atoms with Gasteiger partial charge in [0.15, 0.2) is 0 Å². The Balaban J connectivity index is 1.71. The van der Waals surface area contributed by atoms with Crippen molar-refractivity contribution in [2.45, 2.75) is 25.3 Å². The van der Waals surface area contributed by atoms with Gasteiger partial charge >= 0.3 is 0 Å². The van der Waals surface area contributed by atoms with E-state index in [4.69, 9.17) is 4.74 Å². The number of sulfonamides is 1. The van der Waals surface area contributed by atoms with Crippen molar-refractivity contribution < 1.29 is 18.1 Å². The monoisotopic (exact) mass is 375 g/mol. The summed E-state index contributed by atoms with van der Waals surface area (Å²) in [5.74, 6) is 0.408. The van der Waals surface area contributed by atoms with Crippen LogP contribution in [0.4, 0.5) is 0 Å². The predicted molar refractivity (Wildman–Crippen MR) is 102 cm³/mol. The number of hydrogen-bond acceptors (Lipinski definition) is 3. The molecule has 26 heavy (non-hydrogen) atoms. The molecule has 2 aromatic rings. The molecule has 0 atom stereocenters. The van der Waals surface area contributed by atoms with Crippen LogP contribution in [0.3, 0.4) is 0 Å². The van der Waals surface area contributed by atoms with Gasteiger partial charge in [0.2, 0.25) is 10.0 Å². The smallest absolute Gasteiger partial charge is 0.247 e. The normalized spacial score (nSPS) is 16.6. The Bertz CT molecular complexity index is 872. The number of aryl methyl sites for hydroxylation is 2. The van der Waals surface area contributed by atoms with Crippen LogP contribution in [0.5, 0.6) is 5.75 Å². The van der Waals surface area contributed by atoms with Crippen molar-refractivity contribution in [1.29, 1.82) is 0 Å². The first-order valence-corrected chi connectivity index (χ1v) is 10.4. The number of methoxy groups -OCH3 is 1. The average Bonchev–Trinajstić information content (AvgIpc) is 2.64. The van der Waals surface area contributed by atoms with Gasteiger partial charge in [-0.25, -0.2) is 8.42 Å². The van der Waals surface area contributed by atoms with Crippen LogP contribution in [0.1, 0.15) is 16.7 Å². The lowest BCUT2D eigenvalue weighted by Crippen LogP contribution is -3.13. The topological polar surface area (TPSA) is 51.1 Å². The number of nitrogens with zero attached hydrogens (tertiary/aromatic N) is 1. The van der Waals surface area contributed by atoms with Crippen LogP contribution < -0.4 is 9.64 Å². The Labute approximate surface area is 156 Å². The molecule has 5 nitrogen and oxygen atoms in total. The van der Waals surface area contributed by atoms with E-state index in [1.54, 1.807) is 16.4 Å². The molecular formula is C20H27N2O3S+. The minimum Gasteiger partial charge on any atom is -0.495 e. The zero-order valence-corrected chi connectivity index (χ0v) is 16.5. The molecule has 1 N–H and O–H groups in total. The van der Waals surface area contributed by atoms with E-state index in [1.807, 2.05) is 19.1 Å². The van der Waals surface area contributed by atoms with Crippen molar-refractivity contribution in [1.82, 2.24) is 4.31 Å². The molecule has 1 aliphatic heterocycles. The highest BCUT2D eigenvalue weighted by Crippen LogP contribution is 2.27. The zero-order chi connectivity index (χ0) is 18.7. The molecular weight excluding hydrogens is 348 g/mol. The minimum atomic E-state index is -3.54. The van der Waals surface area contributed by atoms with Crippen molar-refractivity contribution in [2.24, 2.45) is 0 Å². The Hall–Kier alpha value is -1.89. The summed E-state index contributed by atoms with van der Waals surface area (Å²) < 4.78 is 33.0. The van der Waals surface area contributed by atoms with Crippen molar-refractivity contribution in [2.75, 3.05) is 33.3 Å². The summed E-state index contributed by atoms with van der Waals surface area (Å²) in [5.41, 5.74) is 3.53. The van der Waals surface area contributed by atoms with Gasteiger partial charge in [-0.3, -0.25) is 0 Å². The lowest BCUT2D eigenvalue weighted by Gasteiger charge is -2.32. The molecule has 1 aliphatic rings. The third-order valence-corrected chi connectivity index (χ3v) is 6.99. The van der Waals surface area contributed by atoms with E-state index >= 15 is 0 Å². The standard InChI is InChI=1S/C20H26N2O3S/c1-16-8-9-19(25-3)20(14-16)26(23,24)22-12-10-21(11-13-22)15-18-7-5-4-6-17(18)2/h4-9,14H,10-13,15H2,1-3H3/p+1. The number of hydrogen-bond donors (Lipinski definition) is 1. The quantitative estimate of drug-likeness (QED) is 0.860. The van der Waals surface area contributed by atoms with E-state index < -0.39 is 10.0 Å². The molecule has 0 bridgehead atoms. The SMILES string of the molecule is COc1ccc(C)cc1S(=O)(=O)N1CC[NH+](Cc2ccccc2C)CC1. The van der Waals surface area contributed by atoms with E-state index in [0.29, 0.717) is 18.8 Å². The van der Waals surface area contributed by atoms with Gasteiger partial charge < -0.3 is 9.64 Å². The molecule has 0 spiro atoms. The molecule has 1 saturated heterocycles. The molecule has 0 unspecified atom stereocenters. The predicted octanol–water partition coefficient (Wildman–Crippen LogP) is 1.40. The molecule has 0 radical (unpaired) electrons. The lowest BCUT2D eigenvalue weighted by molar-refractivity contribution is -0.917. The zero-order valence-electron chi connectivity index (χ0n) is 15.7. The van der Waals surface area contributed by atoms with Crippen LogP contribution in [0.2, 0.25) is 0 Å².